The predicted octanol–water partition coefficient (Wildman–Crippen LogP) is 4.59. The van der Waals surface area contributed by atoms with Gasteiger partial charge in [-0.15, -0.1) is 0 Å². The van der Waals surface area contributed by atoms with E-state index in [-0.39, 0.29) is 0 Å². The molecule has 0 saturated heterocycles. The molecule has 0 amide bonds. The van der Waals surface area contributed by atoms with E-state index in [1.807, 2.05) is 13.8 Å². The van der Waals surface area contributed by atoms with Crippen molar-refractivity contribution in [3.63, 3.8) is 0 Å². The first-order chi connectivity index (χ1) is 10.2. The van der Waals surface area contributed by atoms with E-state index >= 15 is 0 Å². The summed E-state index contributed by atoms with van der Waals surface area (Å²) in [7, 11) is 0. The zero-order valence-corrected chi connectivity index (χ0v) is 14.7. The zero-order chi connectivity index (χ0) is 15.8. The average molecular weight is 303 g/mol. The number of nitrogens with zero attached hydrogens (tertiary/aromatic N) is 1. The summed E-state index contributed by atoms with van der Waals surface area (Å²) in [4.78, 5) is 10.7. The van der Waals surface area contributed by atoms with Crippen molar-refractivity contribution in [3.05, 3.63) is 0 Å². The number of hydroxylamine groups is 2. The smallest absolute Gasteiger partial charge is 0.0683 e. The van der Waals surface area contributed by atoms with E-state index in [0.717, 1.165) is 32.1 Å². The van der Waals surface area contributed by atoms with Crippen molar-refractivity contribution in [1.29, 1.82) is 0 Å². The average Bonchev–Trinajstić information content (AvgIpc) is 2.44. The number of hydrogen-bond acceptors (Lipinski definition) is 4. The Balaban J connectivity index is 3.20. The monoisotopic (exact) mass is 303 g/mol. The minimum Gasteiger partial charge on any atom is -0.381 e. The number of hydrogen-bond donors (Lipinski definition) is 0. The van der Waals surface area contributed by atoms with Crippen LogP contribution in [0.2, 0.25) is 0 Å². The maximum Gasteiger partial charge on any atom is 0.0683 e. The molecule has 0 aromatic rings. The van der Waals surface area contributed by atoms with Gasteiger partial charge in [0.15, 0.2) is 0 Å². The van der Waals surface area contributed by atoms with Crippen LogP contribution >= 0.6 is 0 Å². The van der Waals surface area contributed by atoms with E-state index in [9.17, 15) is 0 Å². The van der Waals surface area contributed by atoms with Crippen molar-refractivity contribution in [3.8, 4) is 0 Å². The Hall–Kier alpha value is -0.160. The topological polar surface area (TPSA) is 30.9 Å². The van der Waals surface area contributed by atoms with Crippen molar-refractivity contribution >= 4 is 0 Å². The molecule has 4 heteroatoms. The molecule has 0 aliphatic heterocycles. The molecule has 0 aliphatic carbocycles. The van der Waals surface area contributed by atoms with Gasteiger partial charge in [-0.1, -0.05) is 51.2 Å². The van der Waals surface area contributed by atoms with Crippen molar-refractivity contribution in [2.75, 3.05) is 33.0 Å². The molecule has 21 heavy (non-hydrogen) atoms. The zero-order valence-electron chi connectivity index (χ0n) is 14.7. The minimum absolute atomic E-state index is 0.637. The highest BCUT2D eigenvalue weighted by molar-refractivity contribution is 4.48. The molecule has 0 aromatic heterocycles. The summed E-state index contributed by atoms with van der Waals surface area (Å²) >= 11 is 0. The van der Waals surface area contributed by atoms with Gasteiger partial charge in [0, 0.05) is 13.2 Å². The van der Waals surface area contributed by atoms with Gasteiger partial charge in [-0.05, 0) is 32.6 Å². The third kappa shape index (κ3) is 16.0. The van der Waals surface area contributed by atoms with E-state index in [1.54, 1.807) is 5.23 Å². The summed E-state index contributed by atoms with van der Waals surface area (Å²) in [6.07, 6.45) is 8.88. The van der Waals surface area contributed by atoms with Crippen LogP contribution in [0, 0.1) is 5.92 Å². The van der Waals surface area contributed by atoms with Crippen LogP contribution in [0.1, 0.15) is 72.6 Å². The lowest BCUT2D eigenvalue weighted by atomic mass is 10.0. The van der Waals surface area contributed by atoms with Crippen LogP contribution in [0.3, 0.4) is 0 Å². The molecular formula is C17H37NO3. The van der Waals surface area contributed by atoms with Crippen LogP contribution in [0.15, 0.2) is 0 Å². The highest BCUT2D eigenvalue weighted by Crippen LogP contribution is 2.10. The fraction of sp³-hybridized carbons (Fsp3) is 1.00. The lowest BCUT2D eigenvalue weighted by Gasteiger charge is -2.19. The van der Waals surface area contributed by atoms with Gasteiger partial charge in [-0.3, -0.25) is 9.68 Å². The quantitative estimate of drug-likeness (QED) is 0.308. The molecule has 0 aliphatic rings. The maximum atomic E-state index is 5.65. The van der Waals surface area contributed by atoms with Crippen molar-refractivity contribution in [1.82, 2.24) is 5.23 Å². The lowest BCUT2D eigenvalue weighted by molar-refractivity contribution is -0.365. The first kappa shape index (κ1) is 20.8. The molecule has 4 nitrogen and oxygen atoms in total. The Bertz CT molecular complexity index is 194. The summed E-state index contributed by atoms with van der Waals surface area (Å²) in [6.45, 7) is 12.2. The molecule has 0 heterocycles. The van der Waals surface area contributed by atoms with E-state index in [4.69, 9.17) is 14.4 Å². The summed E-state index contributed by atoms with van der Waals surface area (Å²) in [6, 6.07) is 0. The Morgan fingerprint density at radius 1 is 0.762 bits per heavy atom. The normalized spacial score (nSPS) is 11.7. The van der Waals surface area contributed by atoms with Gasteiger partial charge < -0.3 is 4.74 Å². The molecule has 0 bridgehead atoms. The van der Waals surface area contributed by atoms with Gasteiger partial charge in [0.25, 0.3) is 0 Å². The van der Waals surface area contributed by atoms with Crippen molar-refractivity contribution < 1.29 is 14.4 Å². The largest absolute Gasteiger partial charge is 0.381 e. The van der Waals surface area contributed by atoms with Crippen LogP contribution in [0.5, 0.6) is 0 Å². The third-order valence-corrected chi connectivity index (χ3v) is 3.25. The second-order valence-electron chi connectivity index (χ2n) is 5.81. The molecule has 0 radical (unpaired) electrons. The molecule has 0 spiro atoms. The van der Waals surface area contributed by atoms with E-state index in [2.05, 4.69) is 13.8 Å². The Kier molecular flexibility index (Phi) is 16.1. The molecule has 0 aromatic carbocycles. The summed E-state index contributed by atoms with van der Waals surface area (Å²) in [5, 5.41) is 1.57. The molecule has 0 rings (SSSR count). The Labute approximate surface area is 132 Å². The summed E-state index contributed by atoms with van der Waals surface area (Å²) in [5.41, 5.74) is 0. The minimum atomic E-state index is 0.637. The fourth-order valence-corrected chi connectivity index (χ4v) is 2.14. The number of unbranched alkanes of at least 4 members (excludes halogenated alkanes) is 4. The SMILES string of the molecule is CCON(CCCOCCCCCCCC(C)C)OCC. The van der Waals surface area contributed by atoms with E-state index in [1.165, 1.54) is 38.5 Å². The number of rotatable bonds is 16. The molecule has 0 saturated carbocycles. The van der Waals surface area contributed by atoms with E-state index in [0.29, 0.717) is 13.2 Å². The Morgan fingerprint density at radius 3 is 1.95 bits per heavy atom. The second-order valence-corrected chi connectivity index (χ2v) is 5.81. The van der Waals surface area contributed by atoms with Crippen LogP contribution in [-0.2, 0) is 14.4 Å². The molecule has 0 unspecified atom stereocenters. The van der Waals surface area contributed by atoms with Crippen molar-refractivity contribution in [2.45, 2.75) is 72.6 Å². The van der Waals surface area contributed by atoms with Gasteiger partial charge in [0.2, 0.25) is 0 Å². The van der Waals surface area contributed by atoms with Gasteiger partial charge in [0.1, 0.15) is 0 Å². The van der Waals surface area contributed by atoms with Crippen LogP contribution in [0.4, 0.5) is 0 Å². The van der Waals surface area contributed by atoms with Crippen LogP contribution < -0.4 is 0 Å². The molecule has 128 valence electrons. The van der Waals surface area contributed by atoms with Gasteiger partial charge in [-0.25, -0.2) is 0 Å². The summed E-state index contributed by atoms with van der Waals surface area (Å²) in [5.74, 6) is 0.848. The first-order valence-corrected chi connectivity index (χ1v) is 8.81. The molecule has 0 fully saturated rings. The van der Waals surface area contributed by atoms with Gasteiger partial charge in [-0.2, -0.15) is 0 Å². The van der Waals surface area contributed by atoms with Gasteiger partial charge in [0.05, 0.1) is 19.8 Å². The number of ether oxygens (including phenoxy) is 1. The summed E-state index contributed by atoms with van der Waals surface area (Å²) < 4.78 is 5.65. The maximum absolute atomic E-state index is 5.65. The standard InChI is InChI=1S/C17H37NO3/c1-5-20-18(21-6-2)14-12-16-19-15-11-9-7-8-10-13-17(3)4/h17H,5-16H2,1-4H3. The molecular weight excluding hydrogens is 266 g/mol. The van der Waals surface area contributed by atoms with Crippen LogP contribution in [-0.4, -0.2) is 38.2 Å². The van der Waals surface area contributed by atoms with Crippen LogP contribution in [0.25, 0.3) is 0 Å². The third-order valence-electron chi connectivity index (χ3n) is 3.25. The van der Waals surface area contributed by atoms with Crippen molar-refractivity contribution in [2.24, 2.45) is 5.92 Å². The first-order valence-electron chi connectivity index (χ1n) is 8.81. The lowest BCUT2D eigenvalue weighted by Crippen LogP contribution is -2.26. The fourth-order valence-electron chi connectivity index (χ4n) is 2.14. The van der Waals surface area contributed by atoms with E-state index < -0.39 is 0 Å². The Morgan fingerprint density at radius 2 is 1.33 bits per heavy atom. The highest BCUT2D eigenvalue weighted by Gasteiger charge is 2.03. The predicted molar refractivity (Wildman–Crippen MR) is 87.9 cm³/mol. The molecule has 0 N–H and O–H groups in total. The second kappa shape index (κ2) is 16.2. The molecule has 0 atom stereocenters. The highest BCUT2D eigenvalue weighted by atomic mass is 16.9. The van der Waals surface area contributed by atoms with Gasteiger partial charge >= 0.3 is 0 Å².